The Kier molecular flexibility index (Phi) is 2.09. The van der Waals surface area contributed by atoms with Crippen molar-refractivity contribution in [2.75, 3.05) is 0 Å². The molecule has 0 aliphatic heterocycles. The largest absolute Gasteiger partial charge is 0.288 e. The molecule has 1 aliphatic rings. The summed E-state index contributed by atoms with van der Waals surface area (Å²) < 4.78 is 0. The van der Waals surface area contributed by atoms with Crippen LogP contribution in [0.25, 0.3) is 0 Å². The van der Waals surface area contributed by atoms with Crippen LogP contribution >= 0.6 is 0 Å². The molecule has 1 unspecified atom stereocenters. The topological polar surface area (TPSA) is 40.9 Å². The zero-order valence-electron chi connectivity index (χ0n) is 7.59. The Balaban J connectivity index is 3.27. The number of hydrogen-bond acceptors (Lipinski definition) is 2. The van der Waals surface area contributed by atoms with E-state index in [0.717, 1.165) is 0 Å². The molecule has 0 bridgehead atoms. The lowest BCUT2D eigenvalue weighted by atomic mass is 9.81. The minimum atomic E-state index is -0.594. The van der Waals surface area contributed by atoms with Crippen molar-refractivity contribution in [3.8, 4) is 18.4 Å². The minimum absolute atomic E-state index is 0.139. The van der Waals surface area contributed by atoms with Crippen molar-refractivity contribution in [3.63, 3.8) is 0 Å². The van der Waals surface area contributed by atoms with Gasteiger partial charge in [-0.2, -0.15) is 5.26 Å². The van der Waals surface area contributed by atoms with Crippen molar-refractivity contribution in [1.29, 1.82) is 5.26 Å². The standard InChI is InChI=1S/C11H9NO/c1-4-11(3)5-8(2)10(13)9(6-11)7-12/h1,5-6H,2-3H3. The molecular weight excluding hydrogens is 162 g/mol. The van der Waals surface area contributed by atoms with Gasteiger partial charge in [0.1, 0.15) is 6.07 Å². The second kappa shape index (κ2) is 2.92. The third kappa shape index (κ3) is 1.53. The fourth-order valence-corrected chi connectivity index (χ4v) is 1.30. The lowest BCUT2D eigenvalue weighted by Crippen LogP contribution is -2.18. The van der Waals surface area contributed by atoms with Gasteiger partial charge in [-0.1, -0.05) is 12.0 Å². The number of carbonyl (C=O) groups is 1. The SMILES string of the molecule is C#CC1(C)C=C(C)C(=O)C(C#N)=C1. The fraction of sp³-hybridized carbons (Fsp3) is 0.273. The zero-order valence-corrected chi connectivity index (χ0v) is 7.59. The highest BCUT2D eigenvalue weighted by Gasteiger charge is 2.26. The first kappa shape index (κ1) is 9.29. The summed E-state index contributed by atoms with van der Waals surface area (Å²) in [5.41, 5.74) is 0.0863. The summed E-state index contributed by atoms with van der Waals surface area (Å²) in [6, 6.07) is 1.85. The highest BCUT2D eigenvalue weighted by Crippen LogP contribution is 2.28. The number of terminal acetylenes is 1. The van der Waals surface area contributed by atoms with Crippen molar-refractivity contribution in [1.82, 2.24) is 0 Å². The molecule has 2 heteroatoms. The Morgan fingerprint density at radius 2 is 2.15 bits per heavy atom. The number of nitriles is 1. The smallest absolute Gasteiger partial charge is 0.198 e. The van der Waals surface area contributed by atoms with Crippen LogP contribution in [0.1, 0.15) is 13.8 Å². The first-order valence-electron chi connectivity index (χ1n) is 3.87. The summed E-state index contributed by atoms with van der Waals surface area (Å²) in [5, 5.41) is 8.67. The molecule has 0 fully saturated rings. The van der Waals surface area contributed by atoms with Crippen LogP contribution in [0.4, 0.5) is 0 Å². The maximum Gasteiger partial charge on any atom is 0.198 e. The molecule has 13 heavy (non-hydrogen) atoms. The molecule has 0 spiro atoms. The Morgan fingerprint density at radius 3 is 2.62 bits per heavy atom. The summed E-state index contributed by atoms with van der Waals surface area (Å²) >= 11 is 0. The summed E-state index contributed by atoms with van der Waals surface area (Å²) in [6.45, 7) is 3.46. The molecule has 0 amide bonds. The first-order valence-corrected chi connectivity index (χ1v) is 3.87. The third-order valence-corrected chi connectivity index (χ3v) is 1.99. The molecule has 0 aromatic heterocycles. The molecule has 0 N–H and O–H groups in total. The maximum atomic E-state index is 11.3. The summed E-state index contributed by atoms with van der Waals surface area (Å²) in [5.74, 6) is 2.31. The normalized spacial score (nSPS) is 26.9. The molecule has 0 radical (unpaired) electrons. The molecule has 1 aliphatic carbocycles. The average Bonchev–Trinajstić information content (AvgIpc) is 2.11. The predicted molar refractivity (Wildman–Crippen MR) is 49.4 cm³/mol. The van der Waals surface area contributed by atoms with E-state index in [2.05, 4.69) is 5.92 Å². The van der Waals surface area contributed by atoms with Gasteiger partial charge in [0, 0.05) is 0 Å². The Hall–Kier alpha value is -1.80. The molecule has 0 aromatic carbocycles. The van der Waals surface area contributed by atoms with Crippen molar-refractivity contribution < 1.29 is 4.79 Å². The zero-order chi connectivity index (χ0) is 10.1. The van der Waals surface area contributed by atoms with Gasteiger partial charge in [0.25, 0.3) is 0 Å². The quantitative estimate of drug-likeness (QED) is 0.519. The monoisotopic (exact) mass is 171 g/mol. The van der Waals surface area contributed by atoms with Crippen molar-refractivity contribution >= 4 is 5.78 Å². The molecule has 1 rings (SSSR count). The molecule has 0 heterocycles. The van der Waals surface area contributed by atoms with Crippen LogP contribution in [-0.2, 0) is 4.79 Å². The van der Waals surface area contributed by atoms with Crippen LogP contribution in [0.5, 0.6) is 0 Å². The van der Waals surface area contributed by atoms with Gasteiger partial charge in [-0.15, -0.1) is 6.42 Å². The molecular formula is C11H9NO. The van der Waals surface area contributed by atoms with E-state index in [1.807, 2.05) is 6.07 Å². The maximum absolute atomic E-state index is 11.3. The van der Waals surface area contributed by atoms with Crippen LogP contribution < -0.4 is 0 Å². The van der Waals surface area contributed by atoms with Crippen LogP contribution in [0, 0.1) is 29.1 Å². The highest BCUT2D eigenvalue weighted by atomic mass is 16.1. The van der Waals surface area contributed by atoms with Gasteiger partial charge in [0.05, 0.1) is 11.0 Å². The van der Waals surface area contributed by atoms with E-state index in [0.29, 0.717) is 5.57 Å². The Labute approximate surface area is 77.6 Å². The van der Waals surface area contributed by atoms with E-state index in [1.54, 1.807) is 19.9 Å². The van der Waals surface area contributed by atoms with E-state index < -0.39 is 5.41 Å². The molecule has 2 nitrogen and oxygen atoms in total. The van der Waals surface area contributed by atoms with Crippen LogP contribution in [0.3, 0.4) is 0 Å². The van der Waals surface area contributed by atoms with Crippen molar-refractivity contribution in [2.45, 2.75) is 13.8 Å². The second-order valence-electron chi connectivity index (χ2n) is 3.25. The number of rotatable bonds is 0. The van der Waals surface area contributed by atoms with Crippen LogP contribution in [0.2, 0.25) is 0 Å². The van der Waals surface area contributed by atoms with Gasteiger partial charge in [-0.3, -0.25) is 4.79 Å². The fourth-order valence-electron chi connectivity index (χ4n) is 1.30. The average molecular weight is 171 g/mol. The van der Waals surface area contributed by atoms with Crippen molar-refractivity contribution in [3.05, 3.63) is 23.3 Å². The van der Waals surface area contributed by atoms with E-state index >= 15 is 0 Å². The summed E-state index contributed by atoms with van der Waals surface area (Å²) in [7, 11) is 0. The second-order valence-corrected chi connectivity index (χ2v) is 3.25. The molecule has 0 aromatic rings. The summed E-state index contributed by atoms with van der Waals surface area (Å²) in [4.78, 5) is 11.3. The van der Waals surface area contributed by atoms with E-state index in [-0.39, 0.29) is 11.4 Å². The van der Waals surface area contributed by atoms with Crippen molar-refractivity contribution in [2.24, 2.45) is 5.41 Å². The molecule has 0 saturated heterocycles. The number of nitrogens with zero attached hydrogens (tertiary/aromatic N) is 1. The van der Waals surface area contributed by atoms with Gasteiger partial charge in [0.2, 0.25) is 0 Å². The first-order chi connectivity index (χ1) is 6.02. The number of allylic oxidation sites excluding steroid dienone is 4. The predicted octanol–water partition coefficient (Wildman–Crippen LogP) is 1.60. The lowest BCUT2D eigenvalue weighted by molar-refractivity contribution is -0.112. The highest BCUT2D eigenvalue weighted by molar-refractivity contribution is 6.11. The van der Waals surface area contributed by atoms with Gasteiger partial charge >= 0.3 is 0 Å². The number of hydrogen-bond donors (Lipinski definition) is 0. The van der Waals surface area contributed by atoms with Gasteiger partial charge in [-0.25, -0.2) is 0 Å². The Bertz CT molecular complexity index is 401. The Morgan fingerprint density at radius 1 is 1.54 bits per heavy atom. The van der Waals surface area contributed by atoms with Gasteiger partial charge in [-0.05, 0) is 25.5 Å². The van der Waals surface area contributed by atoms with Crippen LogP contribution in [0.15, 0.2) is 23.3 Å². The van der Waals surface area contributed by atoms with Gasteiger partial charge < -0.3 is 0 Å². The lowest BCUT2D eigenvalue weighted by Gasteiger charge is -2.20. The molecule has 64 valence electrons. The van der Waals surface area contributed by atoms with Crippen LogP contribution in [-0.4, -0.2) is 5.78 Å². The molecule has 0 saturated carbocycles. The third-order valence-electron chi connectivity index (χ3n) is 1.99. The number of ketones is 1. The van der Waals surface area contributed by atoms with E-state index in [4.69, 9.17) is 11.7 Å². The van der Waals surface area contributed by atoms with Gasteiger partial charge in [0.15, 0.2) is 5.78 Å². The minimum Gasteiger partial charge on any atom is -0.288 e. The summed E-state index contributed by atoms with van der Waals surface area (Å²) in [6.07, 6.45) is 8.54. The number of carbonyl (C=O) groups excluding carboxylic acids is 1. The van der Waals surface area contributed by atoms with E-state index in [1.165, 1.54) is 6.08 Å². The molecule has 1 atom stereocenters. The number of Topliss-reactive ketones (excluding diaryl/α,β-unsaturated/α-hetero) is 1. The van der Waals surface area contributed by atoms with E-state index in [9.17, 15) is 4.79 Å².